The smallest absolute Gasteiger partial charge is 0.335 e. The van der Waals surface area contributed by atoms with Gasteiger partial charge in [-0.2, -0.15) is 5.10 Å². The minimum Gasteiger partial charge on any atom is -0.478 e. The molecule has 0 heterocycles. The molecule has 0 fully saturated rings. The number of nitrogens with zero attached hydrogens (tertiary/aromatic N) is 1. The third-order valence-electron chi connectivity index (χ3n) is 2.75. The van der Waals surface area contributed by atoms with Gasteiger partial charge in [-0.3, -0.25) is 5.43 Å². The number of hydrogen-bond donors (Lipinski definition) is 3. The summed E-state index contributed by atoms with van der Waals surface area (Å²) in [6.07, 6.45) is 1.51. The molecule has 2 aromatic carbocycles. The molecule has 114 valence electrons. The Morgan fingerprint density at radius 3 is 2.18 bits per heavy atom. The van der Waals surface area contributed by atoms with E-state index >= 15 is 0 Å². The van der Waals surface area contributed by atoms with Crippen LogP contribution in [0.2, 0.25) is 0 Å². The number of nitrogens with two attached hydrogens (primary N) is 1. The molecule has 0 aliphatic carbocycles. The average Bonchev–Trinajstić information content (AvgIpc) is 2.47. The molecule has 2 rings (SSSR count). The van der Waals surface area contributed by atoms with Gasteiger partial charge in [0.05, 0.1) is 22.4 Å². The lowest BCUT2D eigenvalue weighted by molar-refractivity contribution is 0.0697. The number of hydrogen-bond acceptors (Lipinski definition) is 5. The largest absolute Gasteiger partial charge is 0.478 e. The van der Waals surface area contributed by atoms with E-state index in [0.717, 1.165) is 5.56 Å². The zero-order valence-corrected chi connectivity index (χ0v) is 12.1. The minimum atomic E-state index is -3.71. The first-order chi connectivity index (χ1) is 10.4. The van der Waals surface area contributed by atoms with Crippen LogP contribution >= 0.6 is 0 Å². The molecule has 4 N–H and O–H groups in total. The van der Waals surface area contributed by atoms with Gasteiger partial charge in [-0.05, 0) is 42.0 Å². The fraction of sp³-hybridized carbons (Fsp3) is 0. The van der Waals surface area contributed by atoms with Crippen LogP contribution in [0.3, 0.4) is 0 Å². The molecule has 0 saturated carbocycles. The lowest BCUT2D eigenvalue weighted by Gasteiger charge is -2.02. The summed E-state index contributed by atoms with van der Waals surface area (Å²) in [5.41, 5.74) is 4.23. The van der Waals surface area contributed by atoms with Crippen molar-refractivity contribution in [1.29, 1.82) is 0 Å². The maximum absolute atomic E-state index is 11.1. The highest BCUT2D eigenvalue weighted by Crippen LogP contribution is 2.12. The molecule has 0 aliphatic rings. The molecule has 2 aromatic rings. The number of hydrazone groups is 1. The van der Waals surface area contributed by atoms with Gasteiger partial charge >= 0.3 is 5.97 Å². The zero-order valence-electron chi connectivity index (χ0n) is 11.3. The first-order valence-corrected chi connectivity index (χ1v) is 7.66. The van der Waals surface area contributed by atoms with Gasteiger partial charge in [-0.15, -0.1) is 0 Å². The van der Waals surface area contributed by atoms with Crippen LogP contribution in [0.1, 0.15) is 15.9 Å². The van der Waals surface area contributed by atoms with E-state index in [1.807, 2.05) is 0 Å². The predicted octanol–water partition coefficient (Wildman–Crippen LogP) is 1.48. The molecule has 8 heteroatoms. The van der Waals surface area contributed by atoms with Gasteiger partial charge in [-0.25, -0.2) is 18.4 Å². The Morgan fingerprint density at radius 2 is 1.68 bits per heavy atom. The van der Waals surface area contributed by atoms with Crippen LogP contribution in [0.4, 0.5) is 5.69 Å². The molecule has 0 saturated heterocycles. The van der Waals surface area contributed by atoms with Crippen molar-refractivity contribution < 1.29 is 18.3 Å². The minimum absolute atomic E-state index is 0.0197. The number of aromatic carboxylic acids is 1. The monoisotopic (exact) mass is 319 g/mol. The van der Waals surface area contributed by atoms with E-state index in [2.05, 4.69) is 10.5 Å². The molecule has 0 atom stereocenters. The van der Waals surface area contributed by atoms with E-state index in [4.69, 9.17) is 10.2 Å². The fourth-order valence-corrected chi connectivity index (χ4v) is 2.13. The molecule has 0 radical (unpaired) electrons. The van der Waals surface area contributed by atoms with E-state index in [-0.39, 0.29) is 10.5 Å². The number of carboxylic acids is 1. The number of benzene rings is 2. The van der Waals surface area contributed by atoms with Crippen molar-refractivity contribution >= 4 is 27.9 Å². The van der Waals surface area contributed by atoms with E-state index in [9.17, 15) is 13.2 Å². The summed E-state index contributed by atoms with van der Waals surface area (Å²) in [5.74, 6) is -0.989. The second-order valence-electron chi connectivity index (χ2n) is 4.37. The molecular formula is C14H13N3O4S. The van der Waals surface area contributed by atoms with Crippen molar-refractivity contribution in [3.63, 3.8) is 0 Å². The molecule has 0 unspecified atom stereocenters. The third kappa shape index (κ3) is 4.14. The van der Waals surface area contributed by atoms with Gasteiger partial charge in [0, 0.05) is 0 Å². The topological polar surface area (TPSA) is 122 Å². The van der Waals surface area contributed by atoms with Crippen molar-refractivity contribution in [3.8, 4) is 0 Å². The molecule has 0 amide bonds. The van der Waals surface area contributed by atoms with Gasteiger partial charge in [0.2, 0.25) is 10.0 Å². The van der Waals surface area contributed by atoms with Crippen LogP contribution in [0.5, 0.6) is 0 Å². The Labute approximate surface area is 127 Å². The first kappa shape index (κ1) is 15.7. The summed E-state index contributed by atoms with van der Waals surface area (Å²) in [6, 6.07) is 12.0. The Bertz CT molecular complexity index is 797. The van der Waals surface area contributed by atoms with Crippen molar-refractivity contribution in [2.75, 3.05) is 5.43 Å². The number of nitrogens with one attached hydrogen (secondary N) is 1. The van der Waals surface area contributed by atoms with E-state index in [1.165, 1.54) is 42.6 Å². The van der Waals surface area contributed by atoms with Gasteiger partial charge < -0.3 is 5.11 Å². The van der Waals surface area contributed by atoms with Crippen molar-refractivity contribution in [3.05, 3.63) is 59.7 Å². The molecule has 0 aromatic heterocycles. The molecular weight excluding hydrogens is 306 g/mol. The van der Waals surface area contributed by atoms with Crippen LogP contribution in [-0.4, -0.2) is 25.7 Å². The quantitative estimate of drug-likeness (QED) is 0.569. The second kappa shape index (κ2) is 6.37. The number of sulfonamides is 1. The Hall–Kier alpha value is -2.71. The molecule has 0 aliphatic heterocycles. The van der Waals surface area contributed by atoms with Gasteiger partial charge in [0.25, 0.3) is 0 Å². The highest BCUT2D eigenvalue weighted by Gasteiger charge is 2.06. The summed E-state index contributed by atoms with van der Waals surface area (Å²) in [5, 5.41) is 17.8. The Morgan fingerprint density at radius 1 is 1.09 bits per heavy atom. The number of carboxylic acid groups (broad SMARTS) is 1. The zero-order chi connectivity index (χ0) is 16.2. The van der Waals surface area contributed by atoms with Crippen LogP contribution in [0, 0.1) is 0 Å². The number of anilines is 1. The summed E-state index contributed by atoms with van der Waals surface area (Å²) >= 11 is 0. The SMILES string of the molecule is NS(=O)(=O)c1ccc(NN=Cc2ccc(C(=O)O)cc2)cc1. The van der Waals surface area contributed by atoms with Gasteiger partial charge in [0.15, 0.2) is 0 Å². The Balaban J connectivity index is 2.01. The Kier molecular flexibility index (Phi) is 4.54. The van der Waals surface area contributed by atoms with Gasteiger partial charge in [-0.1, -0.05) is 12.1 Å². The maximum Gasteiger partial charge on any atom is 0.335 e. The highest BCUT2D eigenvalue weighted by molar-refractivity contribution is 7.89. The predicted molar refractivity (Wildman–Crippen MR) is 82.4 cm³/mol. The second-order valence-corrected chi connectivity index (χ2v) is 5.93. The lowest BCUT2D eigenvalue weighted by Crippen LogP contribution is -2.11. The van der Waals surface area contributed by atoms with Gasteiger partial charge in [0.1, 0.15) is 0 Å². The van der Waals surface area contributed by atoms with E-state index in [0.29, 0.717) is 5.69 Å². The number of carbonyl (C=O) groups is 1. The molecule has 22 heavy (non-hydrogen) atoms. The molecule has 0 bridgehead atoms. The van der Waals surface area contributed by atoms with E-state index < -0.39 is 16.0 Å². The molecule has 7 nitrogen and oxygen atoms in total. The van der Waals surface area contributed by atoms with Crippen LogP contribution < -0.4 is 10.6 Å². The van der Waals surface area contributed by atoms with Crippen LogP contribution in [0.15, 0.2) is 58.5 Å². The maximum atomic E-state index is 11.1. The highest BCUT2D eigenvalue weighted by atomic mass is 32.2. The lowest BCUT2D eigenvalue weighted by atomic mass is 10.1. The van der Waals surface area contributed by atoms with Crippen molar-refractivity contribution in [2.45, 2.75) is 4.90 Å². The first-order valence-electron chi connectivity index (χ1n) is 6.11. The normalized spacial score (nSPS) is 11.5. The molecule has 0 spiro atoms. The van der Waals surface area contributed by atoms with Crippen LogP contribution in [-0.2, 0) is 10.0 Å². The summed E-state index contributed by atoms with van der Waals surface area (Å²) < 4.78 is 22.2. The number of rotatable bonds is 5. The standard InChI is InChI=1S/C14H13N3O4S/c15-22(20,21)13-7-5-12(6-8-13)17-16-9-10-1-3-11(4-2-10)14(18)19/h1-9,17H,(H,18,19)(H2,15,20,21). The summed E-state index contributed by atoms with van der Waals surface area (Å²) in [6.45, 7) is 0. The third-order valence-corrected chi connectivity index (χ3v) is 3.68. The fourth-order valence-electron chi connectivity index (χ4n) is 1.61. The average molecular weight is 319 g/mol. The summed E-state index contributed by atoms with van der Waals surface area (Å²) in [7, 11) is -3.71. The van der Waals surface area contributed by atoms with Crippen molar-refractivity contribution in [1.82, 2.24) is 0 Å². The van der Waals surface area contributed by atoms with E-state index in [1.54, 1.807) is 12.1 Å². The summed E-state index contributed by atoms with van der Waals surface area (Å²) in [4.78, 5) is 10.7. The number of primary sulfonamides is 1. The van der Waals surface area contributed by atoms with Crippen molar-refractivity contribution in [2.24, 2.45) is 10.2 Å². The van der Waals surface area contributed by atoms with Crippen LogP contribution in [0.25, 0.3) is 0 Å².